The molecule has 0 atom stereocenters. The van der Waals surface area contributed by atoms with Crippen molar-refractivity contribution in [1.29, 1.82) is 0 Å². The van der Waals surface area contributed by atoms with Crippen molar-refractivity contribution in [2.45, 2.75) is 13.5 Å². The SMILES string of the molecule is CCNC(=S)N(CCN1CCOCC1)Cc1ccc(F)cc1. The summed E-state index contributed by atoms with van der Waals surface area (Å²) in [5.41, 5.74) is 1.06. The van der Waals surface area contributed by atoms with Crippen LogP contribution in [0, 0.1) is 5.82 Å². The first-order valence-electron chi connectivity index (χ1n) is 7.76. The smallest absolute Gasteiger partial charge is 0.169 e. The summed E-state index contributed by atoms with van der Waals surface area (Å²) in [5.74, 6) is -0.210. The van der Waals surface area contributed by atoms with Crippen LogP contribution in [0.4, 0.5) is 4.39 Å². The number of hydrogen-bond donors (Lipinski definition) is 1. The molecule has 2 rings (SSSR count). The third kappa shape index (κ3) is 5.51. The van der Waals surface area contributed by atoms with Crippen LogP contribution in [0.1, 0.15) is 12.5 Å². The van der Waals surface area contributed by atoms with Gasteiger partial charge in [0, 0.05) is 39.3 Å². The molecule has 0 radical (unpaired) electrons. The molecule has 1 saturated heterocycles. The topological polar surface area (TPSA) is 27.7 Å². The first kappa shape index (κ1) is 17.1. The van der Waals surface area contributed by atoms with Crippen LogP contribution < -0.4 is 5.32 Å². The second kappa shape index (κ2) is 9.02. The van der Waals surface area contributed by atoms with Crippen molar-refractivity contribution >= 4 is 17.3 Å². The lowest BCUT2D eigenvalue weighted by Crippen LogP contribution is -2.45. The van der Waals surface area contributed by atoms with E-state index in [4.69, 9.17) is 17.0 Å². The van der Waals surface area contributed by atoms with Crippen LogP contribution in [0.15, 0.2) is 24.3 Å². The first-order chi connectivity index (χ1) is 10.7. The molecule has 4 nitrogen and oxygen atoms in total. The Hall–Kier alpha value is -1.24. The summed E-state index contributed by atoms with van der Waals surface area (Å²) < 4.78 is 18.4. The van der Waals surface area contributed by atoms with Gasteiger partial charge in [-0.25, -0.2) is 4.39 Å². The molecule has 1 fully saturated rings. The van der Waals surface area contributed by atoms with Crippen LogP contribution >= 0.6 is 12.2 Å². The fourth-order valence-corrected chi connectivity index (χ4v) is 2.71. The molecule has 0 aliphatic carbocycles. The van der Waals surface area contributed by atoms with Crippen molar-refractivity contribution in [3.8, 4) is 0 Å². The quantitative estimate of drug-likeness (QED) is 0.806. The Balaban J connectivity index is 1.92. The molecule has 0 amide bonds. The predicted octanol–water partition coefficient (Wildman–Crippen LogP) is 1.85. The summed E-state index contributed by atoms with van der Waals surface area (Å²) in [5, 5.41) is 3.96. The van der Waals surface area contributed by atoms with E-state index in [0.717, 1.165) is 56.6 Å². The van der Waals surface area contributed by atoms with E-state index in [2.05, 4.69) is 15.1 Å². The predicted molar refractivity (Wildman–Crippen MR) is 90.3 cm³/mol. The molecule has 1 aliphatic heterocycles. The Morgan fingerprint density at radius 2 is 2.00 bits per heavy atom. The standard InChI is InChI=1S/C16H24FN3OS/c1-2-18-16(22)20(8-7-19-9-11-21-12-10-19)13-14-3-5-15(17)6-4-14/h3-6H,2,7-13H2,1H3,(H,18,22). The van der Waals surface area contributed by atoms with E-state index in [9.17, 15) is 4.39 Å². The number of benzene rings is 1. The zero-order valence-electron chi connectivity index (χ0n) is 13.1. The normalized spacial score (nSPS) is 15.5. The van der Waals surface area contributed by atoms with Crippen LogP contribution in [0.3, 0.4) is 0 Å². The molecule has 22 heavy (non-hydrogen) atoms. The Labute approximate surface area is 137 Å². The van der Waals surface area contributed by atoms with Gasteiger partial charge in [-0.2, -0.15) is 0 Å². The number of halogens is 1. The zero-order valence-corrected chi connectivity index (χ0v) is 13.9. The number of nitrogens with one attached hydrogen (secondary N) is 1. The molecule has 1 aromatic rings. The number of rotatable bonds is 6. The molecule has 1 heterocycles. The van der Waals surface area contributed by atoms with E-state index < -0.39 is 0 Å². The lowest BCUT2D eigenvalue weighted by Gasteiger charge is -2.31. The van der Waals surface area contributed by atoms with Gasteiger partial charge in [-0.3, -0.25) is 4.90 Å². The van der Waals surface area contributed by atoms with E-state index in [0.29, 0.717) is 6.54 Å². The van der Waals surface area contributed by atoms with Crippen molar-refractivity contribution < 1.29 is 9.13 Å². The Kier molecular flexibility index (Phi) is 7.02. The Morgan fingerprint density at radius 3 is 2.64 bits per heavy atom. The maximum absolute atomic E-state index is 13.0. The van der Waals surface area contributed by atoms with E-state index >= 15 is 0 Å². The van der Waals surface area contributed by atoms with Crippen LogP contribution in [0.2, 0.25) is 0 Å². The lowest BCUT2D eigenvalue weighted by atomic mass is 10.2. The third-order valence-corrected chi connectivity index (χ3v) is 4.09. The molecular formula is C16H24FN3OS. The number of nitrogens with zero attached hydrogens (tertiary/aromatic N) is 2. The number of hydrogen-bond acceptors (Lipinski definition) is 3. The van der Waals surface area contributed by atoms with E-state index in [-0.39, 0.29) is 5.82 Å². The van der Waals surface area contributed by atoms with Crippen LogP contribution in [-0.2, 0) is 11.3 Å². The van der Waals surface area contributed by atoms with E-state index in [1.165, 1.54) is 12.1 Å². The largest absolute Gasteiger partial charge is 0.379 e. The van der Waals surface area contributed by atoms with Gasteiger partial charge in [0.05, 0.1) is 13.2 Å². The second-order valence-corrected chi connectivity index (χ2v) is 5.72. The zero-order chi connectivity index (χ0) is 15.8. The minimum Gasteiger partial charge on any atom is -0.379 e. The minimum atomic E-state index is -0.210. The highest BCUT2D eigenvalue weighted by Gasteiger charge is 2.14. The average molecular weight is 325 g/mol. The van der Waals surface area contributed by atoms with E-state index in [1.807, 2.05) is 19.1 Å². The monoisotopic (exact) mass is 325 g/mol. The third-order valence-electron chi connectivity index (χ3n) is 3.69. The maximum atomic E-state index is 13.0. The molecule has 0 aromatic heterocycles. The first-order valence-corrected chi connectivity index (χ1v) is 8.17. The summed E-state index contributed by atoms with van der Waals surface area (Å²) in [4.78, 5) is 4.53. The van der Waals surface area contributed by atoms with Gasteiger partial charge < -0.3 is 15.0 Å². The molecule has 0 spiro atoms. The van der Waals surface area contributed by atoms with Gasteiger partial charge >= 0.3 is 0 Å². The molecule has 6 heteroatoms. The molecule has 1 N–H and O–H groups in total. The summed E-state index contributed by atoms with van der Waals surface area (Å²) in [7, 11) is 0. The van der Waals surface area contributed by atoms with Crippen LogP contribution in [-0.4, -0.2) is 60.8 Å². The summed E-state index contributed by atoms with van der Waals surface area (Å²) in [6.07, 6.45) is 0. The Morgan fingerprint density at radius 1 is 1.32 bits per heavy atom. The Bertz CT molecular complexity index is 463. The molecule has 122 valence electrons. The van der Waals surface area contributed by atoms with Crippen molar-refractivity contribution in [2.24, 2.45) is 0 Å². The molecule has 1 aromatic carbocycles. The fourth-order valence-electron chi connectivity index (χ4n) is 2.41. The number of thiocarbonyl (C=S) groups is 1. The summed E-state index contributed by atoms with van der Waals surface area (Å²) in [6, 6.07) is 6.61. The molecule has 1 aliphatic rings. The highest BCUT2D eigenvalue weighted by Crippen LogP contribution is 2.08. The van der Waals surface area contributed by atoms with Crippen LogP contribution in [0.25, 0.3) is 0 Å². The average Bonchev–Trinajstić information content (AvgIpc) is 2.54. The number of morpholine rings is 1. The van der Waals surface area contributed by atoms with Gasteiger partial charge in [0.2, 0.25) is 0 Å². The van der Waals surface area contributed by atoms with Gasteiger partial charge in [0.1, 0.15) is 5.82 Å². The van der Waals surface area contributed by atoms with E-state index in [1.54, 1.807) is 0 Å². The molecule has 0 unspecified atom stereocenters. The highest BCUT2D eigenvalue weighted by atomic mass is 32.1. The van der Waals surface area contributed by atoms with Gasteiger partial charge in [-0.05, 0) is 36.8 Å². The number of ether oxygens (including phenoxy) is 1. The minimum absolute atomic E-state index is 0.210. The van der Waals surface area contributed by atoms with Crippen molar-refractivity contribution in [3.05, 3.63) is 35.6 Å². The summed E-state index contributed by atoms with van der Waals surface area (Å²) >= 11 is 5.46. The van der Waals surface area contributed by atoms with Crippen molar-refractivity contribution in [3.63, 3.8) is 0 Å². The summed E-state index contributed by atoms with van der Waals surface area (Å²) in [6.45, 7) is 8.87. The second-order valence-electron chi connectivity index (χ2n) is 5.34. The van der Waals surface area contributed by atoms with Crippen molar-refractivity contribution in [1.82, 2.24) is 15.1 Å². The van der Waals surface area contributed by atoms with Crippen molar-refractivity contribution in [2.75, 3.05) is 45.9 Å². The van der Waals surface area contributed by atoms with Gasteiger partial charge in [0.15, 0.2) is 5.11 Å². The molecule has 0 bridgehead atoms. The fraction of sp³-hybridized carbons (Fsp3) is 0.562. The van der Waals surface area contributed by atoms with Gasteiger partial charge in [0.25, 0.3) is 0 Å². The lowest BCUT2D eigenvalue weighted by molar-refractivity contribution is 0.0357. The van der Waals surface area contributed by atoms with Gasteiger partial charge in [-0.15, -0.1) is 0 Å². The van der Waals surface area contributed by atoms with Gasteiger partial charge in [-0.1, -0.05) is 12.1 Å². The highest BCUT2D eigenvalue weighted by molar-refractivity contribution is 7.80. The molecule has 0 saturated carbocycles. The molecular weight excluding hydrogens is 301 g/mol. The maximum Gasteiger partial charge on any atom is 0.169 e. The van der Waals surface area contributed by atoms with Crippen LogP contribution in [0.5, 0.6) is 0 Å².